The van der Waals surface area contributed by atoms with Gasteiger partial charge in [-0.25, -0.2) is 4.39 Å². The molecular weight excluding hydrogens is 229 g/mol. The standard InChI is InChI=1S/C15H8FNO/c16-8-5-6-12-11(7-8)13-9-3-1-2-4-10(9)15(18)14(13)17-12/h1-7,17H. The Morgan fingerprint density at radius 1 is 1.00 bits per heavy atom. The fourth-order valence-corrected chi connectivity index (χ4v) is 2.65. The Morgan fingerprint density at radius 3 is 2.61 bits per heavy atom. The smallest absolute Gasteiger partial charge is 0.210 e. The predicted octanol–water partition coefficient (Wildman–Crippen LogP) is 3.52. The number of fused-ring (bicyclic) bond motifs is 5. The zero-order valence-electron chi connectivity index (χ0n) is 9.33. The summed E-state index contributed by atoms with van der Waals surface area (Å²) in [6.07, 6.45) is 0. The number of rotatable bonds is 0. The molecule has 0 fully saturated rings. The highest BCUT2D eigenvalue weighted by Crippen LogP contribution is 2.41. The van der Waals surface area contributed by atoms with Crippen molar-refractivity contribution in [2.75, 3.05) is 0 Å². The maximum atomic E-state index is 13.4. The zero-order valence-corrected chi connectivity index (χ0v) is 9.33. The van der Waals surface area contributed by atoms with Gasteiger partial charge >= 0.3 is 0 Å². The van der Waals surface area contributed by atoms with Crippen LogP contribution in [0.3, 0.4) is 0 Å². The van der Waals surface area contributed by atoms with Crippen LogP contribution in [-0.2, 0) is 0 Å². The first-order valence-electron chi connectivity index (χ1n) is 5.71. The van der Waals surface area contributed by atoms with Crippen molar-refractivity contribution in [3.05, 3.63) is 59.5 Å². The average molecular weight is 237 g/mol. The van der Waals surface area contributed by atoms with Gasteiger partial charge in [-0.2, -0.15) is 0 Å². The highest BCUT2D eigenvalue weighted by molar-refractivity contribution is 6.25. The molecule has 0 amide bonds. The lowest BCUT2D eigenvalue weighted by molar-refractivity contribution is 0.103. The van der Waals surface area contributed by atoms with Crippen LogP contribution in [0, 0.1) is 5.82 Å². The topological polar surface area (TPSA) is 32.9 Å². The van der Waals surface area contributed by atoms with Gasteiger partial charge < -0.3 is 4.98 Å². The van der Waals surface area contributed by atoms with Crippen molar-refractivity contribution in [3.8, 4) is 11.1 Å². The van der Waals surface area contributed by atoms with Crippen molar-refractivity contribution < 1.29 is 9.18 Å². The van der Waals surface area contributed by atoms with Gasteiger partial charge in [-0.1, -0.05) is 24.3 Å². The number of hydrogen-bond donors (Lipinski definition) is 1. The number of H-pyrrole nitrogens is 1. The van der Waals surface area contributed by atoms with E-state index in [1.807, 2.05) is 18.2 Å². The maximum absolute atomic E-state index is 13.4. The lowest BCUT2D eigenvalue weighted by Gasteiger charge is -1.99. The van der Waals surface area contributed by atoms with Gasteiger partial charge in [0.1, 0.15) is 5.82 Å². The Kier molecular flexibility index (Phi) is 1.64. The van der Waals surface area contributed by atoms with Gasteiger partial charge in [0.15, 0.2) is 0 Å². The normalized spacial score (nSPS) is 12.8. The Labute approximate surface area is 102 Å². The Morgan fingerprint density at radius 2 is 1.78 bits per heavy atom. The van der Waals surface area contributed by atoms with E-state index in [9.17, 15) is 9.18 Å². The molecule has 1 N–H and O–H groups in total. The average Bonchev–Trinajstić information content (AvgIpc) is 2.87. The second-order valence-electron chi connectivity index (χ2n) is 4.44. The van der Waals surface area contributed by atoms with Gasteiger partial charge in [-0.3, -0.25) is 4.79 Å². The van der Waals surface area contributed by atoms with Crippen molar-refractivity contribution in [1.82, 2.24) is 4.98 Å². The molecule has 1 aromatic heterocycles. The molecule has 1 aliphatic carbocycles. The van der Waals surface area contributed by atoms with Crippen LogP contribution in [0.2, 0.25) is 0 Å². The monoisotopic (exact) mass is 237 g/mol. The summed E-state index contributed by atoms with van der Waals surface area (Å²) in [6.45, 7) is 0. The van der Waals surface area contributed by atoms with Gasteiger partial charge in [0.25, 0.3) is 0 Å². The summed E-state index contributed by atoms with van der Waals surface area (Å²) in [5, 5.41) is 0.767. The molecule has 3 heteroatoms. The molecular formula is C15H8FNO. The van der Waals surface area contributed by atoms with E-state index in [4.69, 9.17) is 0 Å². The van der Waals surface area contributed by atoms with Gasteiger partial charge in [-0.15, -0.1) is 0 Å². The Balaban J connectivity index is 2.19. The molecule has 2 aromatic carbocycles. The molecule has 86 valence electrons. The minimum Gasteiger partial charge on any atom is -0.351 e. The minimum atomic E-state index is -0.291. The lowest BCUT2D eigenvalue weighted by Crippen LogP contribution is -1.95. The quantitative estimate of drug-likeness (QED) is 0.498. The Hall–Kier alpha value is -2.42. The fraction of sp³-hybridized carbons (Fsp3) is 0. The number of aromatic nitrogens is 1. The molecule has 0 bridgehead atoms. The van der Waals surface area contributed by atoms with Crippen molar-refractivity contribution in [1.29, 1.82) is 0 Å². The fourth-order valence-electron chi connectivity index (χ4n) is 2.65. The minimum absolute atomic E-state index is 0.0165. The first-order chi connectivity index (χ1) is 8.75. The highest BCUT2D eigenvalue weighted by atomic mass is 19.1. The molecule has 0 saturated heterocycles. The van der Waals surface area contributed by atoms with Crippen LogP contribution in [0.25, 0.3) is 22.0 Å². The number of aromatic amines is 1. The summed E-state index contributed by atoms with van der Waals surface area (Å²) < 4.78 is 13.4. The van der Waals surface area contributed by atoms with Crippen LogP contribution in [0.5, 0.6) is 0 Å². The van der Waals surface area contributed by atoms with Crippen LogP contribution >= 0.6 is 0 Å². The molecule has 0 aliphatic heterocycles. The third-order valence-electron chi connectivity index (χ3n) is 3.43. The number of nitrogens with one attached hydrogen (secondary N) is 1. The van der Waals surface area contributed by atoms with Crippen molar-refractivity contribution in [3.63, 3.8) is 0 Å². The molecule has 2 nitrogen and oxygen atoms in total. The molecule has 0 unspecified atom stereocenters. The SMILES string of the molecule is O=C1c2ccccc2-c2c1[nH]c1ccc(F)cc21. The second-order valence-corrected chi connectivity index (χ2v) is 4.44. The molecule has 1 heterocycles. The van der Waals surface area contributed by atoms with Crippen molar-refractivity contribution >= 4 is 16.7 Å². The number of halogens is 1. The number of benzene rings is 2. The third kappa shape index (κ3) is 1.03. The first kappa shape index (κ1) is 9.59. The highest BCUT2D eigenvalue weighted by Gasteiger charge is 2.30. The summed E-state index contributed by atoms with van der Waals surface area (Å²) in [4.78, 5) is 15.3. The lowest BCUT2D eigenvalue weighted by atomic mass is 10.0. The van der Waals surface area contributed by atoms with E-state index in [1.165, 1.54) is 12.1 Å². The van der Waals surface area contributed by atoms with E-state index in [-0.39, 0.29) is 11.6 Å². The molecule has 4 rings (SSSR count). The summed E-state index contributed by atoms with van der Waals surface area (Å²) in [6, 6.07) is 12.0. The van der Waals surface area contributed by atoms with E-state index in [2.05, 4.69) is 4.98 Å². The predicted molar refractivity (Wildman–Crippen MR) is 67.1 cm³/mol. The number of carbonyl (C=O) groups excluding carboxylic acids is 1. The van der Waals surface area contributed by atoms with Crippen molar-refractivity contribution in [2.24, 2.45) is 0 Å². The van der Waals surface area contributed by atoms with Crippen LogP contribution in [0.4, 0.5) is 4.39 Å². The van der Waals surface area contributed by atoms with E-state index in [0.29, 0.717) is 11.3 Å². The van der Waals surface area contributed by atoms with Gasteiger partial charge in [0.05, 0.1) is 5.69 Å². The van der Waals surface area contributed by atoms with Gasteiger partial charge in [0.2, 0.25) is 5.78 Å². The molecule has 0 radical (unpaired) electrons. The van der Waals surface area contributed by atoms with Gasteiger partial charge in [0, 0.05) is 22.0 Å². The molecule has 0 spiro atoms. The summed E-state index contributed by atoms with van der Waals surface area (Å²) in [5.41, 5.74) is 3.76. The summed E-state index contributed by atoms with van der Waals surface area (Å²) in [7, 11) is 0. The van der Waals surface area contributed by atoms with Crippen LogP contribution in [0.1, 0.15) is 16.1 Å². The van der Waals surface area contributed by atoms with Crippen LogP contribution in [0.15, 0.2) is 42.5 Å². The third-order valence-corrected chi connectivity index (χ3v) is 3.43. The molecule has 1 aliphatic rings. The molecule has 0 atom stereocenters. The summed E-state index contributed by atoms with van der Waals surface area (Å²) in [5.74, 6) is -0.307. The van der Waals surface area contributed by atoms with Gasteiger partial charge in [-0.05, 0) is 23.8 Å². The first-order valence-corrected chi connectivity index (χ1v) is 5.71. The Bertz CT molecular complexity index is 816. The van der Waals surface area contributed by atoms with Crippen LogP contribution in [-0.4, -0.2) is 10.8 Å². The van der Waals surface area contributed by atoms with Crippen LogP contribution < -0.4 is 0 Å². The van der Waals surface area contributed by atoms with Crippen molar-refractivity contribution in [2.45, 2.75) is 0 Å². The van der Waals surface area contributed by atoms with E-state index in [0.717, 1.165) is 22.0 Å². The van der Waals surface area contributed by atoms with E-state index in [1.54, 1.807) is 12.1 Å². The molecule has 18 heavy (non-hydrogen) atoms. The van der Waals surface area contributed by atoms with E-state index >= 15 is 0 Å². The largest absolute Gasteiger partial charge is 0.351 e. The number of hydrogen-bond acceptors (Lipinski definition) is 1. The van der Waals surface area contributed by atoms with E-state index < -0.39 is 0 Å². The summed E-state index contributed by atoms with van der Waals surface area (Å²) >= 11 is 0. The molecule has 0 saturated carbocycles. The molecule has 3 aromatic rings. The number of carbonyl (C=O) groups is 1. The maximum Gasteiger partial charge on any atom is 0.210 e. The number of ketones is 1. The zero-order chi connectivity index (χ0) is 12.3. The second kappa shape index (κ2) is 3.07.